The number of carbonyl (C=O) groups excluding carboxylic acids is 1. The zero-order valence-corrected chi connectivity index (χ0v) is 16.7. The summed E-state index contributed by atoms with van der Waals surface area (Å²) in [6.07, 6.45) is 0.671. The van der Waals surface area contributed by atoms with Crippen molar-refractivity contribution in [1.29, 1.82) is 0 Å². The fraction of sp³-hybridized carbons (Fsp3) is 0.611. The summed E-state index contributed by atoms with van der Waals surface area (Å²) < 4.78 is 25.4. The third-order valence-corrected chi connectivity index (χ3v) is 5.12. The van der Waals surface area contributed by atoms with E-state index in [0.29, 0.717) is 24.5 Å². The molecule has 7 heteroatoms. The monoisotopic (exact) mass is 370 g/mol. The molecule has 142 valence electrons. The fourth-order valence-electron chi connectivity index (χ4n) is 2.23. The van der Waals surface area contributed by atoms with Gasteiger partial charge in [-0.1, -0.05) is 19.9 Å². The standard InChI is InChI=1S/C18H30N2O4S/c1-12(2)17(20-25(22)13(3)4)18(21)19-10-9-14-7-8-15(23-5)16(11-14)24-6/h7-8,11-13,17,20H,9-10H2,1-6H3,(H,19,21)/t17-,25?/m0/s1. The van der Waals surface area contributed by atoms with E-state index in [9.17, 15) is 9.35 Å². The van der Waals surface area contributed by atoms with Gasteiger partial charge in [-0.05, 0) is 43.9 Å². The van der Waals surface area contributed by atoms with Gasteiger partial charge < -0.3 is 19.3 Å². The molecule has 6 nitrogen and oxygen atoms in total. The molecule has 0 aliphatic carbocycles. The molecule has 0 aliphatic rings. The van der Waals surface area contributed by atoms with Crippen molar-refractivity contribution in [3.63, 3.8) is 0 Å². The van der Waals surface area contributed by atoms with Gasteiger partial charge in [-0.3, -0.25) is 4.79 Å². The smallest absolute Gasteiger partial charge is 0.241 e. The van der Waals surface area contributed by atoms with Crippen LogP contribution in [0.3, 0.4) is 0 Å². The van der Waals surface area contributed by atoms with Gasteiger partial charge >= 0.3 is 0 Å². The molecule has 2 N–H and O–H groups in total. The summed E-state index contributed by atoms with van der Waals surface area (Å²) in [4.78, 5) is 12.4. The van der Waals surface area contributed by atoms with Crippen LogP contribution in [0.5, 0.6) is 11.5 Å². The number of hydrogen-bond acceptors (Lipinski definition) is 5. The summed E-state index contributed by atoms with van der Waals surface area (Å²) in [5, 5.41) is 2.87. The third-order valence-electron chi connectivity index (χ3n) is 3.78. The van der Waals surface area contributed by atoms with E-state index in [1.165, 1.54) is 0 Å². The summed E-state index contributed by atoms with van der Waals surface area (Å²) in [7, 11) is 3.19. The largest absolute Gasteiger partial charge is 0.598 e. The molecule has 0 saturated heterocycles. The van der Waals surface area contributed by atoms with Gasteiger partial charge in [0.2, 0.25) is 5.91 Å². The molecular formula is C18H30N2O4S. The van der Waals surface area contributed by atoms with Gasteiger partial charge in [0.05, 0.1) is 14.2 Å². The Morgan fingerprint density at radius 1 is 1.16 bits per heavy atom. The Balaban J connectivity index is 2.59. The SMILES string of the molecule is COc1ccc(CCNC(=O)[C@@H](N[S+]([O-])C(C)C)C(C)C)cc1OC. The first kappa shape index (κ1) is 21.6. The van der Waals surface area contributed by atoms with E-state index in [4.69, 9.17) is 9.47 Å². The van der Waals surface area contributed by atoms with Crippen molar-refractivity contribution in [2.75, 3.05) is 20.8 Å². The summed E-state index contributed by atoms with van der Waals surface area (Å²) in [5.74, 6) is 1.25. The van der Waals surface area contributed by atoms with Crippen molar-refractivity contribution in [1.82, 2.24) is 10.0 Å². The predicted octanol–water partition coefficient (Wildman–Crippen LogP) is 2.05. The summed E-state index contributed by atoms with van der Waals surface area (Å²) in [5.41, 5.74) is 1.04. The van der Waals surface area contributed by atoms with Gasteiger partial charge in [-0.2, -0.15) is 0 Å². The van der Waals surface area contributed by atoms with Crippen LogP contribution < -0.4 is 19.5 Å². The van der Waals surface area contributed by atoms with Crippen molar-refractivity contribution in [3.05, 3.63) is 23.8 Å². The van der Waals surface area contributed by atoms with E-state index in [-0.39, 0.29) is 17.1 Å². The second-order valence-electron chi connectivity index (χ2n) is 6.42. The molecule has 1 rings (SSSR count). The third kappa shape index (κ3) is 6.76. The molecule has 2 atom stereocenters. The molecule has 1 aromatic carbocycles. The number of carbonyl (C=O) groups is 1. The van der Waals surface area contributed by atoms with Gasteiger partial charge in [-0.25, -0.2) is 0 Å². The van der Waals surface area contributed by atoms with Crippen LogP contribution >= 0.6 is 0 Å². The van der Waals surface area contributed by atoms with Crippen LogP contribution in [0.4, 0.5) is 0 Å². The zero-order chi connectivity index (χ0) is 19.0. The predicted molar refractivity (Wildman–Crippen MR) is 101 cm³/mol. The average molecular weight is 371 g/mol. The quantitative estimate of drug-likeness (QED) is 0.616. The highest BCUT2D eigenvalue weighted by atomic mass is 32.2. The number of ether oxygens (including phenoxy) is 2. The van der Waals surface area contributed by atoms with Gasteiger partial charge in [0.1, 0.15) is 11.3 Å². The van der Waals surface area contributed by atoms with E-state index in [2.05, 4.69) is 10.0 Å². The molecule has 25 heavy (non-hydrogen) atoms. The van der Waals surface area contributed by atoms with Crippen molar-refractivity contribution in [2.24, 2.45) is 5.92 Å². The number of amides is 1. The lowest BCUT2D eigenvalue weighted by molar-refractivity contribution is -0.123. The highest BCUT2D eigenvalue weighted by Gasteiger charge is 2.28. The maximum Gasteiger partial charge on any atom is 0.241 e. The Labute approximate surface area is 154 Å². The molecule has 0 heterocycles. The van der Waals surface area contributed by atoms with Crippen LogP contribution in [0.15, 0.2) is 18.2 Å². The Hall–Kier alpha value is -1.44. The van der Waals surface area contributed by atoms with Gasteiger partial charge in [0.25, 0.3) is 0 Å². The first-order chi connectivity index (χ1) is 11.8. The second kappa shape index (κ2) is 10.5. The molecule has 0 bridgehead atoms. The fourth-order valence-corrected chi connectivity index (χ4v) is 3.13. The Bertz CT molecular complexity index is 552. The van der Waals surface area contributed by atoms with Crippen LogP contribution in [-0.2, 0) is 22.6 Å². The minimum Gasteiger partial charge on any atom is -0.598 e. The van der Waals surface area contributed by atoms with Crippen molar-refractivity contribution < 1.29 is 18.8 Å². The molecule has 0 spiro atoms. The van der Waals surface area contributed by atoms with Crippen molar-refractivity contribution in [3.8, 4) is 11.5 Å². The molecule has 1 amide bonds. The maximum atomic E-state index is 12.4. The maximum absolute atomic E-state index is 12.4. The molecule has 0 aromatic heterocycles. The van der Waals surface area contributed by atoms with Gasteiger partial charge in [0.15, 0.2) is 11.5 Å². The van der Waals surface area contributed by atoms with Crippen LogP contribution in [0, 0.1) is 5.92 Å². The number of nitrogens with one attached hydrogen (secondary N) is 2. The van der Waals surface area contributed by atoms with E-state index in [1.807, 2.05) is 45.9 Å². The van der Waals surface area contributed by atoms with Gasteiger partial charge in [-0.15, -0.1) is 4.72 Å². The number of hydrogen-bond donors (Lipinski definition) is 2. The van der Waals surface area contributed by atoms with E-state index < -0.39 is 17.4 Å². The molecular weight excluding hydrogens is 340 g/mol. The molecule has 0 aliphatic heterocycles. The van der Waals surface area contributed by atoms with E-state index in [0.717, 1.165) is 5.56 Å². The lowest BCUT2D eigenvalue weighted by Gasteiger charge is -2.24. The Morgan fingerprint density at radius 2 is 1.80 bits per heavy atom. The number of methoxy groups -OCH3 is 2. The Kier molecular flexibility index (Phi) is 9.10. The van der Waals surface area contributed by atoms with Crippen LogP contribution in [0.2, 0.25) is 0 Å². The highest BCUT2D eigenvalue weighted by Crippen LogP contribution is 2.27. The van der Waals surface area contributed by atoms with Crippen LogP contribution in [0.25, 0.3) is 0 Å². The molecule has 1 aromatic rings. The summed E-state index contributed by atoms with van der Waals surface area (Å²) >= 11 is -1.23. The minimum absolute atomic E-state index is 0.0409. The Morgan fingerprint density at radius 3 is 2.32 bits per heavy atom. The highest BCUT2D eigenvalue weighted by molar-refractivity contribution is 7.90. The molecule has 1 unspecified atom stereocenters. The minimum atomic E-state index is -1.23. The summed E-state index contributed by atoms with van der Waals surface area (Å²) in [6, 6.07) is 5.21. The molecule has 0 saturated carbocycles. The first-order valence-electron chi connectivity index (χ1n) is 8.45. The summed E-state index contributed by atoms with van der Waals surface area (Å²) in [6.45, 7) is 8.07. The van der Waals surface area contributed by atoms with E-state index in [1.54, 1.807) is 14.2 Å². The van der Waals surface area contributed by atoms with Crippen molar-refractivity contribution in [2.45, 2.75) is 45.4 Å². The lowest BCUT2D eigenvalue weighted by atomic mass is 10.0. The molecule has 0 radical (unpaired) electrons. The van der Waals surface area contributed by atoms with E-state index >= 15 is 0 Å². The molecule has 0 fully saturated rings. The number of rotatable bonds is 10. The average Bonchev–Trinajstić information content (AvgIpc) is 2.58. The van der Waals surface area contributed by atoms with Crippen LogP contribution in [0.1, 0.15) is 33.3 Å². The number of benzene rings is 1. The first-order valence-corrected chi connectivity index (χ1v) is 9.66. The van der Waals surface area contributed by atoms with Crippen molar-refractivity contribution >= 4 is 17.3 Å². The van der Waals surface area contributed by atoms with Crippen LogP contribution in [-0.4, -0.2) is 42.5 Å². The lowest BCUT2D eigenvalue weighted by Crippen LogP contribution is -2.51. The topological polar surface area (TPSA) is 82.7 Å². The van der Waals surface area contributed by atoms with Gasteiger partial charge in [0, 0.05) is 17.9 Å². The second-order valence-corrected chi connectivity index (χ2v) is 8.19. The zero-order valence-electron chi connectivity index (χ0n) is 15.9. The normalized spacial score (nSPS) is 13.6.